The fourth-order valence-corrected chi connectivity index (χ4v) is 1.94. The number of benzene rings is 1. The molecule has 1 aliphatic rings. The van der Waals surface area contributed by atoms with Gasteiger partial charge in [-0.05, 0) is 12.5 Å². The molecule has 1 heterocycles. The molecule has 0 unspecified atom stereocenters. The fourth-order valence-electron chi connectivity index (χ4n) is 1.94. The van der Waals surface area contributed by atoms with E-state index in [2.05, 4.69) is 0 Å². The number of amidine groups is 1. The standard InChI is InChI=1S/C12H15N3O2/c13-12(14)8-3-4-9(10(16)6-8)7-15-5-1-2-11(15)17/h3-4,6,16H,1-2,5,7H2,(H3,13,14). The second-order valence-electron chi connectivity index (χ2n) is 4.18. The van der Waals surface area contributed by atoms with Gasteiger partial charge >= 0.3 is 0 Å². The number of phenolic OH excluding ortho intramolecular Hbond substituents is 1. The SMILES string of the molecule is N=C(N)c1ccc(CN2CCCC2=O)c(O)c1. The molecule has 0 radical (unpaired) electrons. The lowest BCUT2D eigenvalue weighted by molar-refractivity contribution is -0.128. The van der Waals surface area contributed by atoms with Crippen LogP contribution in [0.5, 0.6) is 5.75 Å². The highest BCUT2D eigenvalue weighted by Gasteiger charge is 2.21. The first-order chi connectivity index (χ1) is 8.08. The van der Waals surface area contributed by atoms with E-state index in [0.717, 1.165) is 13.0 Å². The lowest BCUT2D eigenvalue weighted by atomic mass is 10.1. The molecule has 90 valence electrons. The lowest BCUT2D eigenvalue weighted by Gasteiger charge is -2.16. The van der Waals surface area contributed by atoms with Crippen molar-refractivity contribution in [3.63, 3.8) is 0 Å². The zero-order valence-corrected chi connectivity index (χ0v) is 9.44. The highest BCUT2D eigenvalue weighted by molar-refractivity contribution is 5.95. The molecule has 1 aliphatic heterocycles. The van der Waals surface area contributed by atoms with Crippen LogP contribution in [0.1, 0.15) is 24.0 Å². The molecular weight excluding hydrogens is 218 g/mol. The summed E-state index contributed by atoms with van der Waals surface area (Å²) in [4.78, 5) is 13.2. The van der Waals surface area contributed by atoms with Crippen LogP contribution in [0.25, 0.3) is 0 Å². The molecule has 5 heteroatoms. The number of hydrogen-bond acceptors (Lipinski definition) is 3. The molecule has 1 saturated heterocycles. The molecule has 0 aliphatic carbocycles. The Hall–Kier alpha value is -2.04. The molecule has 5 nitrogen and oxygen atoms in total. The number of aromatic hydroxyl groups is 1. The van der Waals surface area contributed by atoms with Gasteiger partial charge in [-0.25, -0.2) is 0 Å². The number of nitrogens with one attached hydrogen (secondary N) is 1. The number of carbonyl (C=O) groups is 1. The van der Waals surface area contributed by atoms with Gasteiger partial charge in [0.2, 0.25) is 5.91 Å². The van der Waals surface area contributed by atoms with Crippen LogP contribution in [0, 0.1) is 5.41 Å². The molecule has 0 bridgehead atoms. The van der Waals surface area contributed by atoms with Crippen molar-refractivity contribution in [1.29, 1.82) is 5.41 Å². The van der Waals surface area contributed by atoms with E-state index in [-0.39, 0.29) is 17.5 Å². The number of likely N-dealkylation sites (tertiary alicyclic amines) is 1. The summed E-state index contributed by atoms with van der Waals surface area (Å²) in [6.45, 7) is 1.16. The second kappa shape index (κ2) is 4.45. The van der Waals surface area contributed by atoms with Crippen LogP contribution in [-0.4, -0.2) is 28.3 Å². The molecule has 0 saturated carbocycles. The first-order valence-electron chi connectivity index (χ1n) is 5.52. The molecule has 1 fully saturated rings. The van der Waals surface area contributed by atoms with Gasteiger partial charge in [-0.15, -0.1) is 0 Å². The largest absolute Gasteiger partial charge is 0.508 e. The Morgan fingerprint density at radius 3 is 2.82 bits per heavy atom. The van der Waals surface area contributed by atoms with Gasteiger partial charge < -0.3 is 15.7 Å². The molecule has 1 aromatic rings. The van der Waals surface area contributed by atoms with Crippen LogP contribution >= 0.6 is 0 Å². The summed E-state index contributed by atoms with van der Waals surface area (Å²) in [6, 6.07) is 4.84. The molecule has 0 atom stereocenters. The van der Waals surface area contributed by atoms with Crippen molar-refractivity contribution < 1.29 is 9.90 Å². The van der Waals surface area contributed by atoms with E-state index in [0.29, 0.717) is 24.1 Å². The third-order valence-electron chi connectivity index (χ3n) is 2.93. The zero-order chi connectivity index (χ0) is 12.4. The maximum absolute atomic E-state index is 11.5. The second-order valence-corrected chi connectivity index (χ2v) is 4.18. The van der Waals surface area contributed by atoms with Crippen molar-refractivity contribution >= 4 is 11.7 Å². The number of amides is 1. The summed E-state index contributed by atoms with van der Waals surface area (Å²) in [6.07, 6.45) is 1.47. The van der Waals surface area contributed by atoms with E-state index < -0.39 is 0 Å². The Bertz CT molecular complexity index is 471. The molecule has 1 aromatic carbocycles. The maximum atomic E-state index is 11.5. The summed E-state index contributed by atoms with van der Waals surface area (Å²) in [5, 5.41) is 17.1. The topological polar surface area (TPSA) is 90.4 Å². The minimum atomic E-state index is -0.0795. The number of nitrogens with two attached hydrogens (primary N) is 1. The van der Waals surface area contributed by atoms with Crippen LogP contribution < -0.4 is 5.73 Å². The van der Waals surface area contributed by atoms with Gasteiger partial charge in [-0.2, -0.15) is 0 Å². The van der Waals surface area contributed by atoms with Gasteiger partial charge in [0.05, 0.1) is 0 Å². The van der Waals surface area contributed by atoms with Crippen molar-refractivity contribution in [2.24, 2.45) is 5.73 Å². The summed E-state index contributed by atoms with van der Waals surface area (Å²) in [5.41, 5.74) is 6.50. The van der Waals surface area contributed by atoms with Gasteiger partial charge in [-0.1, -0.05) is 12.1 Å². The van der Waals surface area contributed by atoms with E-state index in [1.165, 1.54) is 6.07 Å². The Morgan fingerprint density at radius 1 is 1.53 bits per heavy atom. The van der Waals surface area contributed by atoms with E-state index in [9.17, 15) is 9.90 Å². The third-order valence-corrected chi connectivity index (χ3v) is 2.93. The summed E-state index contributed by atoms with van der Waals surface area (Å²) in [5.74, 6) is 0.126. The summed E-state index contributed by atoms with van der Waals surface area (Å²) in [7, 11) is 0. The molecule has 0 spiro atoms. The highest BCUT2D eigenvalue weighted by Crippen LogP contribution is 2.22. The monoisotopic (exact) mass is 233 g/mol. The van der Waals surface area contributed by atoms with E-state index in [4.69, 9.17) is 11.1 Å². The number of phenols is 1. The smallest absolute Gasteiger partial charge is 0.222 e. The Labute approximate surface area is 99.4 Å². The van der Waals surface area contributed by atoms with E-state index >= 15 is 0 Å². The molecule has 4 N–H and O–H groups in total. The van der Waals surface area contributed by atoms with Crippen LogP contribution in [0.2, 0.25) is 0 Å². The molecule has 0 aromatic heterocycles. The van der Waals surface area contributed by atoms with Gasteiger partial charge in [0, 0.05) is 30.6 Å². The van der Waals surface area contributed by atoms with Gasteiger partial charge in [0.15, 0.2) is 0 Å². The van der Waals surface area contributed by atoms with Crippen molar-refractivity contribution in [2.45, 2.75) is 19.4 Å². The van der Waals surface area contributed by atoms with Crippen LogP contribution in [0.15, 0.2) is 18.2 Å². The fraction of sp³-hybridized carbons (Fsp3) is 0.333. The number of carbonyl (C=O) groups excluding carboxylic acids is 1. The first-order valence-corrected chi connectivity index (χ1v) is 5.52. The van der Waals surface area contributed by atoms with Crippen LogP contribution in [0.4, 0.5) is 0 Å². The average molecular weight is 233 g/mol. The van der Waals surface area contributed by atoms with Crippen molar-refractivity contribution in [3.8, 4) is 5.75 Å². The predicted molar refractivity (Wildman–Crippen MR) is 63.8 cm³/mol. The zero-order valence-electron chi connectivity index (χ0n) is 9.44. The number of rotatable bonds is 3. The lowest BCUT2D eigenvalue weighted by Crippen LogP contribution is -2.24. The predicted octanol–water partition coefficient (Wildman–Crippen LogP) is 0.799. The Morgan fingerprint density at radius 2 is 2.29 bits per heavy atom. The van der Waals surface area contributed by atoms with Crippen molar-refractivity contribution in [2.75, 3.05) is 6.54 Å². The van der Waals surface area contributed by atoms with Gasteiger partial charge in [0.25, 0.3) is 0 Å². The normalized spacial score (nSPS) is 15.3. The Balaban J connectivity index is 2.16. The molecule has 1 amide bonds. The molecule has 2 rings (SSSR count). The third kappa shape index (κ3) is 2.38. The number of hydrogen-bond donors (Lipinski definition) is 3. The van der Waals surface area contributed by atoms with E-state index in [1.807, 2.05) is 0 Å². The Kier molecular flexibility index (Phi) is 2.99. The number of nitrogens with zero attached hydrogens (tertiary/aromatic N) is 1. The number of nitrogen functional groups attached to an aromatic ring is 1. The average Bonchev–Trinajstić information content (AvgIpc) is 2.67. The first kappa shape index (κ1) is 11.4. The van der Waals surface area contributed by atoms with E-state index in [1.54, 1.807) is 17.0 Å². The van der Waals surface area contributed by atoms with Crippen LogP contribution in [0.3, 0.4) is 0 Å². The minimum Gasteiger partial charge on any atom is -0.508 e. The quantitative estimate of drug-likeness (QED) is 0.532. The molecular formula is C12H15N3O2. The summed E-state index contributed by atoms with van der Waals surface area (Å²) >= 11 is 0. The minimum absolute atomic E-state index is 0.0795. The maximum Gasteiger partial charge on any atom is 0.222 e. The highest BCUT2D eigenvalue weighted by atomic mass is 16.3. The van der Waals surface area contributed by atoms with Crippen LogP contribution in [-0.2, 0) is 11.3 Å². The summed E-state index contributed by atoms with van der Waals surface area (Å²) < 4.78 is 0. The van der Waals surface area contributed by atoms with Gasteiger partial charge in [-0.3, -0.25) is 10.2 Å². The van der Waals surface area contributed by atoms with Crippen molar-refractivity contribution in [1.82, 2.24) is 4.90 Å². The van der Waals surface area contributed by atoms with Gasteiger partial charge in [0.1, 0.15) is 11.6 Å². The van der Waals surface area contributed by atoms with Crippen molar-refractivity contribution in [3.05, 3.63) is 29.3 Å². The molecule has 17 heavy (non-hydrogen) atoms.